The van der Waals surface area contributed by atoms with Gasteiger partial charge in [0.15, 0.2) is 23.3 Å². The molecule has 0 aliphatic heterocycles. The molecule has 19 heteroatoms. The number of halogens is 9. The van der Waals surface area contributed by atoms with E-state index in [2.05, 4.69) is 31.8 Å². The summed E-state index contributed by atoms with van der Waals surface area (Å²) >= 11 is 0. The first kappa shape index (κ1) is 71.9. The summed E-state index contributed by atoms with van der Waals surface area (Å²) in [6, 6.07) is 24.9. The first-order valence-corrected chi connectivity index (χ1v) is 26.1. The third-order valence-corrected chi connectivity index (χ3v) is 12.7. The first-order chi connectivity index (χ1) is 38.0. The quantitative estimate of drug-likeness (QED) is 0.0627. The molecule has 0 bridgehead atoms. The number of benzene rings is 5. The fourth-order valence-corrected chi connectivity index (χ4v) is 7.42. The minimum Gasteiger partial charge on any atom is -0.264 e. The Kier molecular flexibility index (Phi) is 28.9. The van der Waals surface area contributed by atoms with Gasteiger partial charge in [0.05, 0.1) is 38.5 Å². The maximum absolute atomic E-state index is 13.3. The van der Waals surface area contributed by atoms with E-state index in [0.717, 1.165) is 18.9 Å². The number of hydrogen-bond donors (Lipinski definition) is 0. The maximum Gasteiger partial charge on any atom is 0.305 e. The molecule has 1 aromatic heterocycles. The monoisotopic (exact) mass is 1150 g/mol. The van der Waals surface area contributed by atoms with Crippen LogP contribution in [0.5, 0.6) is 0 Å². The number of rotatable bonds is 8. The molecule has 0 amide bonds. The Morgan fingerprint density at radius 1 is 0.500 bits per heavy atom. The molecule has 6 aromatic rings. The molecule has 440 valence electrons. The molecule has 82 heavy (non-hydrogen) atoms. The van der Waals surface area contributed by atoms with Gasteiger partial charge >= 0.3 is 5.69 Å². The number of pyridine rings is 1. The van der Waals surface area contributed by atoms with E-state index in [0.29, 0.717) is 33.4 Å². The van der Waals surface area contributed by atoms with Gasteiger partial charge in [-0.3, -0.25) is 25.2 Å². The van der Waals surface area contributed by atoms with Gasteiger partial charge in [-0.15, -0.1) is 0 Å². The zero-order valence-electron chi connectivity index (χ0n) is 48.8. The molecule has 5 aromatic carbocycles. The van der Waals surface area contributed by atoms with Crippen molar-refractivity contribution >= 4 is 11.4 Å². The van der Waals surface area contributed by atoms with E-state index in [1.165, 1.54) is 68.6 Å². The summed E-state index contributed by atoms with van der Waals surface area (Å²) in [4.78, 5) is 23.3. The average molecular weight is 1150 g/mol. The normalized spacial score (nSPS) is 11.7. The van der Waals surface area contributed by atoms with E-state index in [1.807, 2.05) is 53.7 Å². The van der Waals surface area contributed by atoms with Crippen LogP contribution in [0.25, 0.3) is 0 Å². The zero-order valence-corrected chi connectivity index (χ0v) is 48.8. The van der Waals surface area contributed by atoms with Crippen LogP contribution in [0.15, 0.2) is 97.3 Å². The van der Waals surface area contributed by atoms with Crippen LogP contribution in [0.1, 0.15) is 197 Å². The molecule has 0 unspecified atom stereocenters. The second kappa shape index (κ2) is 33.0. The van der Waals surface area contributed by atoms with Crippen LogP contribution < -0.4 is 0 Å². The Morgan fingerprint density at radius 2 is 0.951 bits per heavy atom. The number of nitrogens with zero attached hydrogens (tertiary/aromatic N) is 6. The van der Waals surface area contributed by atoms with E-state index < -0.39 is 56.1 Å². The van der Waals surface area contributed by atoms with Crippen molar-refractivity contribution in [3.63, 3.8) is 0 Å². The third-order valence-electron chi connectivity index (χ3n) is 12.7. The Hall–Kier alpha value is -8.11. The maximum atomic E-state index is 13.3. The number of aromatic nitrogens is 1. The largest absolute Gasteiger partial charge is 0.305 e. The predicted octanol–water partition coefficient (Wildman–Crippen LogP) is 19.4. The smallest absolute Gasteiger partial charge is 0.264 e. The van der Waals surface area contributed by atoms with Crippen LogP contribution in [0.4, 0.5) is 50.9 Å². The molecule has 7 rings (SSSR count). The number of nitriles is 3. The van der Waals surface area contributed by atoms with Crippen LogP contribution in [0.3, 0.4) is 0 Å². The molecular weight excluding hydrogens is 1080 g/mol. The predicted molar refractivity (Wildman–Crippen MR) is 300 cm³/mol. The average Bonchev–Trinajstić information content (AvgIpc) is 4.22. The fourth-order valence-electron chi connectivity index (χ4n) is 7.42. The Balaban J connectivity index is 0.000000480. The van der Waals surface area contributed by atoms with Gasteiger partial charge in [-0.1, -0.05) is 128 Å². The molecule has 1 aliphatic rings. The van der Waals surface area contributed by atoms with E-state index in [4.69, 9.17) is 15.8 Å². The number of nitro groups is 2. The Labute approximate surface area is 475 Å². The highest BCUT2D eigenvalue weighted by Gasteiger charge is 2.52. The van der Waals surface area contributed by atoms with Crippen molar-refractivity contribution in [3.8, 4) is 18.2 Å². The molecule has 0 spiro atoms. The lowest BCUT2D eigenvalue weighted by atomic mass is 9.79. The van der Waals surface area contributed by atoms with E-state index in [9.17, 15) is 59.7 Å². The van der Waals surface area contributed by atoms with E-state index in [-0.39, 0.29) is 81.0 Å². The lowest BCUT2D eigenvalue weighted by Crippen LogP contribution is -2.19. The van der Waals surface area contributed by atoms with Gasteiger partial charge in [0, 0.05) is 47.8 Å². The molecule has 0 atom stereocenters. The van der Waals surface area contributed by atoms with Gasteiger partial charge in [0.1, 0.15) is 29.3 Å². The second-order valence-corrected chi connectivity index (χ2v) is 21.7. The number of non-ortho nitro benzene ring substituents is 1. The lowest BCUT2D eigenvalue weighted by molar-refractivity contribution is -0.387. The highest BCUT2D eigenvalue weighted by atomic mass is 19.2. The molecule has 1 saturated carbocycles. The third kappa shape index (κ3) is 21.4. The number of hydrogen-bond acceptors (Lipinski definition) is 8. The van der Waals surface area contributed by atoms with Crippen molar-refractivity contribution in [1.29, 1.82) is 15.8 Å². The summed E-state index contributed by atoms with van der Waals surface area (Å²) in [5.74, 6) is -7.43. The summed E-state index contributed by atoms with van der Waals surface area (Å²) < 4.78 is 117. The van der Waals surface area contributed by atoms with Gasteiger partial charge in [-0.05, 0) is 112 Å². The zero-order chi connectivity index (χ0) is 63.1. The van der Waals surface area contributed by atoms with E-state index >= 15 is 0 Å². The Bertz CT molecular complexity index is 3190. The molecule has 10 nitrogen and oxygen atoms in total. The van der Waals surface area contributed by atoms with Crippen LogP contribution in [-0.2, 0) is 0 Å². The molecule has 1 aliphatic carbocycles. The van der Waals surface area contributed by atoms with Crippen LogP contribution in [0, 0.1) is 117 Å². The van der Waals surface area contributed by atoms with Crippen molar-refractivity contribution in [3.05, 3.63) is 214 Å². The molecule has 0 saturated heterocycles. The van der Waals surface area contributed by atoms with Crippen molar-refractivity contribution in [2.75, 3.05) is 0 Å². The first-order valence-electron chi connectivity index (χ1n) is 26.1. The van der Waals surface area contributed by atoms with Crippen molar-refractivity contribution in [1.82, 2.24) is 4.98 Å². The minimum atomic E-state index is -1.36. The van der Waals surface area contributed by atoms with Crippen molar-refractivity contribution in [2.45, 2.75) is 152 Å². The van der Waals surface area contributed by atoms with Crippen LogP contribution >= 0.6 is 0 Å². The van der Waals surface area contributed by atoms with E-state index in [1.54, 1.807) is 58.2 Å². The van der Waals surface area contributed by atoms with Crippen molar-refractivity contribution in [2.24, 2.45) is 10.8 Å². The van der Waals surface area contributed by atoms with Gasteiger partial charge in [-0.25, -0.2) is 35.1 Å². The van der Waals surface area contributed by atoms with Crippen LogP contribution in [0.2, 0.25) is 0 Å². The highest BCUT2D eigenvalue weighted by Crippen LogP contribution is 2.57. The lowest BCUT2D eigenvalue weighted by Gasteiger charge is -2.23. The van der Waals surface area contributed by atoms with Gasteiger partial charge < -0.3 is 0 Å². The Morgan fingerprint density at radius 3 is 1.32 bits per heavy atom. The molecular formula is C63H71F9N6O4. The topological polar surface area (TPSA) is 171 Å². The van der Waals surface area contributed by atoms with Crippen LogP contribution in [-0.4, -0.2) is 14.8 Å². The summed E-state index contributed by atoms with van der Waals surface area (Å²) in [7, 11) is 0. The summed E-state index contributed by atoms with van der Waals surface area (Å²) in [5, 5.41) is 46.6. The summed E-state index contributed by atoms with van der Waals surface area (Å²) in [5.41, 5.74) is 2.47. The summed E-state index contributed by atoms with van der Waals surface area (Å²) in [6.45, 7) is 28.0. The number of nitro benzene ring substituents is 2. The van der Waals surface area contributed by atoms with Gasteiger partial charge in [-0.2, -0.15) is 20.2 Å². The SMILES string of the molecule is CC(C)(C)C1(C#N)CC1.CC(C)c1c(F)c(F)cc(F)c1F.CC(C)c1cc(C#N)ccc1F.CC(C)c1cc([N+](=O)[O-])ccc1F.CC(C)c1cccc(C#N)c1F.CC(C)c1cccc([N+](=O)[O-])c1F.CC(C)c1cnccc1F. The fraction of sp³-hybridized carbons (Fsp3) is 0.397. The standard InChI is InChI=1S/2C10H10FN.C9H8F4.2C9H10FNO2.C8H10FN.C8H13N/c1-7(2)9-5-8(6-12)3-4-10(9)11;1-7(2)9-5-3-4-8(6-12)10(9)11;1-4(2)7-8(12)5(10)3-6(11)9(7)13;1-6(2)8-5-7(11(12)13)3-4-9(8)10;1-6(2)7-4-3-5-8(9(7)10)11(12)13;1-6(2)7-5-10-4-3-8(7)9;1-7(2,3)8(6-9)4-5-8/h2*3-5,7H,1-2H3;3-4H,1-2H3;2*3-6H,1-2H3;3-6H,1-2H3;4-5H2,1-3H3. The van der Waals surface area contributed by atoms with Gasteiger partial charge in [0.25, 0.3) is 5.69 Å². The summed E-state index contributed by atoms with van der Waals surface area (Å²) in [6.07, 6.45) is 5.24. The minimum absolute atomic E-state index is 0.0347. The van der Waals surface area contributed by atoms with Gasteiger partial charge in [0.2, 0.25) is 5.82 Å². The van der Waals surface area contributed by atoms with Crippen molar-refractivity contribution < 1.29 is 49.4 Å². The highest BCUT2D eigenvalue weighted by molar-refractivity contribution is 5.39. The molecule has 0 N–H and O–H groups in total. The molecule has 0 radical (unpaired) electrons. The second-order valence-electron chi connectivity index (χ2n) is 21.7. The molecule has 1 heterocycles. The molecule has 1 fully saturated rings.